The first-order valence-electron chi connectivity index (χ1n) is 9.57. The van der Waals surface area contributed by atoms with Crippen LogP contribution in [-0.4, -0.2) is 45.2 Å². The normalized spacial score (nSPS) is 12.0. The molecule has 0 aliphatic carbocycles. The second kappa shape index (κ2) is 14.3. The van der Waals surface area contributed by atoms with E-state index in [1.54, 1.807) is 7.05 Å². The first kappa shape index (κ1) is 26.3. The Hall–Kier alpha value is -1.71. The number of benzene rings is 1. The molecule has 28 heavy (non-hydrogen) atoms. The number of halogens is 1. The summed E-state index contributed by atoms with van der Waals surface area (Å²) < 4.78 is 11.3. The number of hydrogen-bond donors (Lipinski definition) is 3. The van der Waals surface area contributed by atoms with Gasteiger partial charge in [-0.2, -0.15) is 0 Å². The molecule has 0 aromatic heterocycles. The highest BCUT2D eigenvalue weighted by Gasteiger charge is 2.12. The molecule has 7 nitrogen and oxygen atoms in total. The van der Waals surface area contributed by atoms with Crippen LogP contribution < -0.4 is 25.4 Å². The van der Waals surface area contributed by atoms with E-state index in [1.807, 2.05) is 45.9 Å². The predicted octanol–water partition coefficient (Wildman–Crippen LogP) is 3.10. The highest BCUT2D eigenvalue weighted by Crippen LogP contribution is 2.30. The Labute approximate surface area is 186 Å². The molecule has 0 radical (unpaired) electrons. The van der Waals surface area contributed by atoms with Crippen molar-refractivity contribution in [1.29, 1.82) is 0 Å². The quantitative estimate of drug-likeness (QED) is 0.197. The van der Waals surface area contributed by atoms with Crippen molar-refractivity contribution in [3.05, 3.63) is 23.8 Å². The molecular formula is C20H35IN4O3. The summed E-state index contributed by atoms with van der Waals surface area (Å²) in [6.45, 7) is 12.0. The Morgan fingerprint density at radius 1 is 1.04 bits per heavy atom. The molecule has 0 aliphatic heterocycles. The summed E-state index contributed by atoms with van der Waals surface area (Å²) in [5, 5.41) is 9.42. The number of amides is 1. The molecule has 1 aromatic carbocycles. The van der Waals surface area contributed by atoms with Gasteiger partial charge in [-0.05, 0) is 38.5 Å². The van der Waals surface area contributed by atoms with Gasteiger partial charge in [0.25, 0.3) is 0 Å². The van der Waals surface area contributed by atoms with E-state index in [1.165, 1.54) is 0 Å². The average Bonchev–Trinajstić information content (AvgIpc) is 2.65. The standard InChI is InChI=1S/C20H34N4O3.HI/c1-7-26-17-10-9-16(13-18(17)27-8-2)15(5)24-20(21-6)23-12-11-22-19(25)14(3)4;/h9-10,13-15H,7-8,11-12H2,1-6H3,(H,22,25)(H2,21,23,24);1H. The van der Waals surface area contributed by atoms with E-state index in [9.17, 15) is 4.79 Å². The summed E-state index contributed by atoms with van der Waals surface area (Å²) in [6.07, 6.45) is 0. The minimum absolute atomic E-state index is 0. The predicted molar refractivity (Wildman–Crippen MR) is 125 cm³/mol. The van der Waals surface area contributed by atoms with Crippen LogP contribution in [-0.2, 0) is 4.79 Å². The Balaban J connectivity index is 0.00000729. The maximum absolute atomic E-state index is 11.6. The molecule has 1 amide bonds. The Bertz CT molecular complexity index is 623. The van der Waals surface area contributed by atoms with Crippen LogP contribution in [0.1, 0.15) is 46.2 Å². The molecule has 1 aromatic rings. The van der Waals surface area contributed by atoms with Gasteiger partial charge in [-0.25, -0.2) is 0 Å². The first-order chi connectivity index (χ1) is 12.9. The Morgan fingerprint density at radius 3 is 2.21 bits per heavy atom. The zero-order valence-corrected chi connectivity index (χ0v) is 20.1. The van der Waals surface area contributed by atoms with Crippen molar-refractivity contribution < 1.29 is 14.3 Å². The molecule has 0 spiro atoms. The van der Waals surface area contributed by atoms with Crippen LogP contribution >= 0.6 is 24.0 Å². The fraction of sp³-hybridized carbons (Fsp3) is 0.600. The van der Waals surface area contributed by atoms with E-state index in [2.05, 4.69) is 27.9 Å². The lowest BCUT2D eigenvalue weighted by atomic mass is 10.1. The van der Waals surface area contributed by atoms with E-state index >= 15 is 0 Å². The molecule has 8 heteroatoms. The smallest absolute Gasteiger partial charge is 0.222 e. The zero-order chi connectivity index (χ0) is 20.2. The van der Waals surface area contributed by atoms with Crippen LogP contribution in [0.4, 0.5) is 0 Å². The fourth-order valence-electron chi connectivity index (χ4n) is 2.39. The number of nitrogens with zero attached hydrogens (tertiary/aromatic N) is 1. The third kappa shape index (κ3) is 8.99. The highest BCUT2D eigenvalue weighted by molar-refractivity contribution is 14.0. The molecule has 160 valence electrons. The maximum atomic E-state index is 11.6. The van der Waals surface area contributed by atoms with E-state index < -0.39 is 0 Å². The lowest BCUT2D eigenvalue weighted by molar-refractivity contribution is -0.123. The van der Waals surface area contributed by atoms with Gasteiger partial charge in [0.2, 0.25) is 5.91 Å². The minimum Gasteiger partial charge on any atom is -0.490 e. The molecule has 0 fully saturated rings. The number of rotatable bonds is 10. The van der Waals surface area contributed by atoms with Gasteiger partial charge in [0.05, 0.1) is 19.3 Å². The van der Waals surface area contributed by atoms with Gasteiger partial charge >= 0.3 is 0 Å². The molecular weight excluding hydrogens is 471 g/mol. The SMILES string of the molecule is CCOc1ccc(C(C)NC(=NC)NCCNC(=O)C(C)C)cc1OCC.I. The highest BCUT2D eigenvalue weighted by atomic mass is 127. The number of carbonyl (C=O) groups excluding carboxylic acids is 1. The van der Waals surface area contributed by atoms with Gasteiger partial charge in [-0.3, -0.25) is 9.79 Å². The van der Waals surface area contributed by atoms with Crippen molar-refractivity contribution in [2.24, 2.45) is 10.9 Å². The first-order valence-corrected chi connectivity index (χ1v) is 9.57. The van der Waals surface area contributed by atoms with Crippen molar-refractivity contribution in [3.63, 3.8) is 0 Å². The van der Waals surface area contributed by atoms with Crippen molar-refractivity contribution in [2.75, 3.05) is 33.4 Å². The molecule has 1 atom stereocenters. The van der Waals surface area contributed by atoms with Gasteiger partial charge in [0, 0.05) is 26.1 Å². The second-order valence-corrected chi connectivity index (χ2v) is 6.38. The van der Waals surface area contributed by atoms with Crippen LogP contribution in [0.2, 0.25) is 0 Å². The summed E-state index contributed by atoms with van der Waals surface area (Å²) in [5.41, 5.74) is 1.07. The van der Waals surface area contributed by atoms with Crippen LogP contribution in [0.3, 0.4) is 0 Å². The van der Waals surface area contributed by atoms with Crippen LogP contribution in [0.15, 0.2) is 23.2 Å². The average molecular weight is 506 g/mol. The third-order valence-electron chi connectivity index (χ3n) is 3.89. The number of aliphatic imine (C=N–C) groups is 1. The second-order valence-electron chi connectivity index (χ2n) is 6.38. The molecule has 1 rings (SSSR count). The maximum Gasteiger partial charge on any atom is 0.222 e. The van der Waals surface area contributed by atoms with Crippen LogP contribution in [0.5, 0.6) is 11.5 Å². The zero-order valence-electron chi connectivity index (χ0n) is 17.8. The fourth-order valence-corrected chi connectivity index (χ4v) is 2.39. The Kier molecular flexibility index (Phi) is 13.4. The summed E-state index contributed by atoms with van der Waals surface area (Å²) in [7, 11) is 1.72. The van der Waals surface area contributed by atoms with Crippen molar-refractivity contribution in [1.82, 2.24) is 16.0 Å². The molecule has 0 saturated heterocycles. The van der Waals surface area contributed by atoms with E-state index in [0.717, 1.165) is 17.1 Å². The number of carbonyl (C=O) groups is 1. The largest absolute Gasteiger partial charge is 0.490 e. The van der Waals surface area contributed by atoms with E-state index in [4.69, 9.17) is 9.47 Å². The number of ether oxygens (including phenoxy) is 2. The number of hydrogen-bond acceptors (Lipinski definition) is 4. The lowest BCUT2D eigenvalue weighted by Crippen LogP contribution is -2.42. The number of guanidine groups is 1. The monoisotopic (exact) mass is 506 g/mol. The van der Waals surface area contributed by atoms with Gasteiger partial charge in [0.1, 0.15) is 0 Å². The Morgan fingerprint density at radius 2 is 1.64 bits per heavy atom. The molecule has 3 N–H and O–H groups in total. The molecule has 0 saturated carbocycles. The topological polar surface area (TPSA) is 84.0 Å². The van der Waals surface area contributed by atoms with Gasteiger partial charge in [-0.1, -0.05) is 19.9 Å². The van der Waals surface area contributed by atoms with Gasteiger partial charge in [-0.15, -0.1) is 24.0 Å². The van der Waals surface area contributed by atoms with Crippen LogP contribution in [0.25, 0.3) is 0 Å². The summed E-state index contributed by atoms with van der Waals surface area (Å²) in [5.74, 6) is 2.20. The van der Waals surface area contributed by atoms with Crippen molar-refractivity contribution in [2.45, 2.75) is 40.7 Å². The van der Waals surface area contributed by atoms with Gasteiger partial charge in [0.15, 0.2) is 17.5 Å². The third-order valence-corrected chi connectivity index (χ3v) is 3.89. The minimum atomic E-state index is -0.0124. The molecule has 0 aliphatic rings. The molecule has 0 bridgehead atoms. The van der Waals surface area contributed by atoms with E-state index in [0.29, 0.717) is 32.3 Å². The molecule has 1 unspecified atom stereocenters. The van der Waals surface area contributed by atoms with E-state index in [-0.39, 0.29) is 41.8 Å². The summed E-state index contributed by atoms with van der Waals surface area (Å²) >= 11 is 0. The van der Waals surface area contributed by atoms with Crippen LogP contribution in [0, 0.1) is 5.92 Å². The summed E-state index contributed by atoms with van der Waals surface area (Å²) in [6, 6.07) is 5.96. The lowest BCUT2D eigenvalue weighted by Gasteiger charge is -2.20. The van der Waals surface area contributed by atoms with Crippen molar-refractivity contribution >= 4 is 35.8 Å². The number of nitrogens with one attached hydrogen (secondary N) is 3. The summed E-state index contributed by atoms with van der Waals surface area (Å²) in [4.78, 5) is 15.8. The van der Waals surface area contributed by atoms with Gasteiger partial charge < -0.3 is 25.4 Å². The molecule has 0 heterocycles. The van der Waals surface area contributed by atoms with Crippen molar-refractivity contribution in [3.8, 4) is 11.5 Å².